The molecule has 0 amide bonds. The molecule has 15 heavy (non-hydrogen) atoms. The molecule has 0 aliphatic heterocycles. The largest absolute Gasteiger partial charge is 0.468 e. The van der Waals surface area contributed by atoms with Gasteiger partial charge in [-0.3, -0.25) is 0 Å². The van der Waals surface area contributed by atoms with Crippen molar-refractivity contribution >= 4 is 0 Å². The van der Waals surface area contributed by atoms with E-state index in [1.165, 1.54) is 0 Å². The van der Waals surface area contributed by atoms with Gasteiger partial charge in [-0.1, -0.05) is 12.2 Å². The fraction of sp³-hybridized carbons (Fsp3) is 0.500. The highest BCUT2D eigenvalue weighted by atomic mass is 16.5. The Bertz CT molecular complexity index is 267. The third-order valence-corrected chi connectivity index (χ3v) is 2.02. The van der Waals surface area contributed by atoms with Crippen LogP contribution in [0.4, 0.5) is 0 Å². The summed E-state index contributed by atoms with van der Waals surface area (Å²) >= 11 is 0. The molecule has 0 aliphatic rings. The minimum absolute atomic E-state index is 0.219. The standard InChI is InChI=1S/C12H19NO2/c1-3-4-7-14-11(2)9-13-10-12-6-5-8-15-12/h3-6,8,11,13H,7,9-10H2,1-2H3. The van der Waals surface area contributed by atoms with E-state index in [1.54, 1.807) is 6.26 Å². The first-order chi connectivity index (χ1) is 7.33. The monoisotopic (exact) mass is 209 g/mol. The maximum Gasteiger partial charge on any atom is 0.117 e. The molecule has 0 spiro atoms. The van der Waals surface area contributed by atoms with Gasteiger partial charge in [0.1, 0.15) is 5.76 Å². The van der Waals surface area contributed by atoms with E-state index in [-0.39, 0.29) is 6.10 Å². The predicted octanol–water partition coefficient (Wildman–Crippen LogP) is 2.35. The Labute approximate surface area is 91.1 Å². The third-order valence-electron chi connectivity index (χ3n) is 2.02. The molecule has 0 fully saturated rings. The van der Waals surface area contributed by atoms with Crippen molar-refractivity contribution in [1.29, 1.82) is 0 Å². The molecular formula is C12H19NO2. The lowest BCUT2D eigenvalue weighted by Crippen LogP contribution is -2.26. The molecular weight excluding hydrogens is 190 g/mol. The van der Waals surface area contributed by atoms with E-state index in [4.69, 9.17) is 9.15 Å². The number of furan rings is 1. The quantitative estimate of drug-likeness (QED) is 0.700. The summed E-state index contributed by atoms with van der Waals surface area (Å²) in [5, 5.41) is 3.27. The molecule has 1 heterocycles. The van der Waals surface area contributed by atoms with Crippen molar-refractivity contribution in [3.8, 4) is 0 Å². The number of ether oxygens (including phenoxy) is 1. The number of hydrogen-bond acceptors (Lipinski definition) is 3. The fourth-order valence-corrected chi connectivity index (χ4v) is 1.19. The Morgan fingerprint density at radius 1 is 1.60 bits per heavy atom. The maximum absolute atomic E-state index is 5.52. The topological polar surface area (TPSA) is 34.4 Å². The molecule has 1 aromatic rings. The van der Waals surface area contributed by atoms with Crippen LogP contribution in [0, 0.1) is 0 Å². The molecule has 84 valence electrons. The highest BCUT2D eigenvalue weighted by Crippen LogP contribution is 1.98. The van der Waals surface area contributed by atoms with E-state index in [1.807, 2.05) is 31.2 Å². The molecule has 0 bridgehead atoms. The second-order valence-corrected chi connectivity index (χ2v) is 3.42. The lowest BCUT2D eigenvalue weighted by molar-refractivity contribution is 0.0872. The van der Waals surface area contributed by atoms with Crippen LogP contribution in [0.3, 0.4) is 0 Å². The Kier molecular flexibility index (Phi) is 5.81. The van der Waals surface area contributed by atoms with Gasteiger partial charge in [-0.2, -0.15) is 0 Å². The van der Waals surface area contributed by atoms with E-state index in [0.29, 0.717) is 6.61 Å². The van der Waals surface area contributed by atoms with E-state index in [2.05, 4.69) is 12.2 Å². The lowest BCUT2D eigenvalue weighted by atomic mass is 10.3. The van der Waals surface area contributed by atoms with Gasteiger partial charge in [-0.05, 0) is 26.0 Å². The van der Waals surface area contributed by atoms with Gasteiger partial charge in [0.15, 0.2) is 0 Å². The zero-order chi connectivity index (χ0) is 10.9. The van der Waals surface area contributed by atoms with Crippen LogP contribution < -0.4 is 5.32 Å². The van der Waals surface area contributed by atoms with Gasteiger partial charge < -0.3 is 14.5 Å². The first-order valence-electron chi connectivity index (χ1n) is 5.28. The van der Waals surface area contributed by atoms with Crippen LogP contribution in [-0.4, -0.2) is 19.3 Å². The van der Waals surface area contributed by atoms with Crippen molar-refractivity contribution in [2.45, 2.75) is 26.5 Å². The zero-order valence-corrected chi connectivity index (χ0v) is 9.40. The predicted molar refractivity (Wildman–Crippen MR) is 60.6 cm³/mol. The summed E-state index contributed by atoms with van der Waals surface area (Å²) in [5.41, 5.74) is 0. The van der Waals surface area contributed by atoms with Gasteiger partial charge in [0, 0.05) is 6.54 Å². The average Bonchev–Trinajstić information content (AvgIpc) is 2.71. The van der Waals surface area contributed by atoms with Crippen molar-refractivity contribution in [2.24, 2.45) is 0 Å². The Morgan fingerprint density at radius 2 is 2.47 bits per heavy atom. The first-order valence-corrected chi connectivity index (χ1v) is 5.28. The highest BCUT2D eigenvalue weighted by Gasteiger charge is 2.01. The van der Waals surface area contributed by atoms with E-state index in [9.17, 15) is 0 Å². The molecule has 1 aromatic heterocycles. The van der Waals surface area contributed by atoms with Crippen molar-refractivity contribution in [1.82, 2.24) is 5.32 Å². The summed E-state index contributed by atoms with van der Waals surface area (Å²) in [6.07, 6.45) is 5.89. The second-order valence-electron chi connectivity index (χ2n) is 3.42. The Hall–Kier alpha value is -1.06. The van der Waals surface area contributed by atoms with Gasteiger partial charge >= 0.3 is 0 Å². The normalized spacial score (nSPS) is 13.5. The molecule has 0 aromatic carbocycles. The molecule has 0 aliphatic carbocycles. The molecule has 1 N–H and O–H groups in total. The van der Waals surface area contributed by atoms with Gasteiger partial charge in [-0.15, -0.1) is 0 Å². The fourth-order valence-electron chi connectivity index (χ4n) is 1.19. The van der Waals surface area contributed by atoms with Gasteiger partial charge in [0.25, 0.3) is 0 Å². The number of rotatable bonds is 7. The van der Waals surface area contributed by atoms with Gasteiger partial charge in [-0.25, -0.2) is 0 Å². The molecule has 0 saturated heterocycles. The minimum atomic E-state index is 0.219. The van der Waals surface area contributed by atoms with Crippen molar-refractivity contribution in [3.05, 3.63) is 36.3 Å². The second kappa shape index (κ2) is 7.26. The van der Waals surface area contributed by atoms with Crippen LogP contribution in [0.15, 0.2) is 35.0 Å². The van der Waals surface area contributed by atoms with E-state index in [0.717, 1.165) is 18.8 Å². The van der Waals surface area contributed by atoms with Crippen LogP contribution in [0.25, 0.3) is 0 Å². The highest BCUT2D eigenvalue weighted by molar-refractivity contribution is 4.97. The summed E-state index contributed by atoms with van der Waals surface area (Å²) in [6, 6.07) is 3.85. The van der Waals surface area contributed by atoms with Crippen molar-refractivity contribution in [2.75, 3.05) is 13.2 Å². The summed E-state index contributed by atoms with van der Waals surface area (Å²) in [7, 11) is 0. The van der Waals surface area contributed by atoms with E-state index >= 15 is 0 Å². The van der Waals surface area contributed by atoms with Crippen LogP contribution in [0.1, 0.15) is 19.6 Å². The van der Waals surface area contributed by atoms with Gasteiger partial charge in [0.2, 0.25) is 0 Å². The smallest absolute Gasteiger partial charge is 0.117 e. The number of nitrogens with one attached hydrogen (secondary N) is 1. The summed E-state index contributed by atoms with van der Waals surface area (Å²) in [4.78, 5) is 0. The van der Waals surface area contributed by atoms with Crippen LogP contribution >= 0.6 is 0 Å². The minimum Gasteiger partial charge on any atom is -0.468 e. The van der Waals surface area contributed by atoms with Gasteiger partial charge in [0.05, 0.1) is 25.5 Å². The third kappa shape index (κ3) is 5.40. The average molecular weight is 209 g/mol. The van der Waals surface area contributed by atoms with Crippen LogP contribution in [0.2, 0.25) is 0 Å². The Morgan fingerprint density at radius 3 is 3.13 bits per heavy atom. The zero-order valence-electron chi connectivity index (χ0n) is 9.40. The molecule has 1 rings (SSSR count). The summed E-state index contributed by atoms with van der Waals surface area (Å²) in [6.45, 7) is 6.31. The number of allylic oxidation sites excluding steroid dienone is 1. The van der Waals surface area contributed by atoms with Crippen LogP contribution in [-0.2, 0) is 11.3 Å². The molecule has 3 heteroatoms. The molecule has 3 nitrogen and oxygen atoms in total. The Balaban J connectivity index is 2.04. The van der Waals surface area contributed by atoms with Crippen molar-refractivity contribution < 1.29 is 9.15 Å². The SMILES string of the molecule is CC=CCOC(C)CNCc1ccco1. The number of hydrogen-bond donors (Lipinski definition) is 1. The van der Waals surface area contributed by atoms with E-state index < -0.39 is 0 Å². The molecule has 0 saturated carbocycles. The molecule has 1 atom stereocenters. The summed E-state index contributed by atoms with van der Waals surface area (Å²) < 4.78 is 10.7. The summed E-state index contributed by atoms with van der Waals surface area (Å²) in [5.74, 6) is 0.954. The van der Waals surface area contributed by atoms with Crippen LogP contribution in [0.5, 0.6) is 0 Å². The molecule has 0 radical (unpaired) electrons. The lowest BCUT2D eigenvalue weighted by Gasteiger charge is -2.11. The molecule has 1 unspecified atom stereocenters. The first kappa shape index (κ1) is 12.0. The maximum atomic E-state index is 5.52. The van der Waals surface area contributed by atoms with Crippen molar-refractivity contribution in [3.63, 3.8) is 0 Å².